The van der Waals surface area contributed by atoms with Crippen LogP contribution in [-0.4, -0.2) is 23.8 Å². The topological polar surface area (TPSA) is 57.5 Å². The van der Waals surface area contributed by atoms with Crippen molar-refractivity contribution in [3.8, 4) is 5.75 Å². The Morgan fingerprint density at radius 1 is 1.20 bits per heavy atom. The van der Waals surface area contributed by atoms with Gasteiger partial charge in [0.1, 0.15) is 12.3 Å². The quantitative estimate of drug-likeness (QED) is 0.783. The number of pyridine rings is 1. The minimum atomic E-state index is -0.334. The molecule has 0 fully saturated rings. The molecule has 5 nitrogen and oxygen atoms in total. The van der Waals surface area contributed by atoms with E-state index in [2.05, 4.69) is 0 Å². The average molecular weight is 275 g/mol. The molecule has 0 saturated heterocycles. The van der Waals surface area contributed by atoms with Gasteiger partial charge in [-0.2, -0.15) is 0 Å². The minimum absolute atomic E-state index is 0.0696. The van der Waals surface area contributed by atoms with Gasteiger partial charge in [0.2, 0.25) is 0 Å². The highest BCUT2D eigenvalue weighted by Gasteiger charge is 2.08. The van der Waals surface area contributed by atoms with Gasteiger partial charge in [-0.25, -0.2) is 0 Å². The Bertz CT molecular complexity index is 675. The van der Waals surface area contributed by atoms with Crippen molar-refractivity contribution in [3.63, 3.8) is 0 Å². The van der Waals surface area contributed by atoms with Crippen molar-refractivity contribution in [2.45, 2.75) is 20.4 Å². The van der Waals surface area contributed by atoms with E-state index in [1.54, 1.807) is 35.9 Å². The Morgan fingerprint density at radius 3 is 2.70 bits per heavy atom. The lowest BCUT2D eigenvalue weighted by atomic mass is 10.2. The minimum Gasteiger partial charge on any atom is -0.494 e. The second kappa shape index (κ2) is 6.23. The third-order valence-electron chi connectivity index (χ3n) is 2.87. The van der Waals surface area contributed by atoms with E-state index in [0.29, 0.717) is 29.9 Å². The molecule has 0 aliphatic rings. The Hall–Kier alpha value is -2.30. The number of rotatable bonds is 5. The summed E-state index contributed by atoms with van der Waals surface area (Å²) in [5.74, 6) is 0.336. The zero-order chi connectivity index (χ0) is 14.5. The number of aromatic nitrogens is 1. The molecule has 20 heavy (non-hydrogen) atoms. The maximum Gasteiger partial charge on any atom is 0.325 e. The SMILES string of the molecule is CCOC(=O)Cn1ccc(=O)c2ccc(OCC)cc21. The van der Waals surface area contributed by atoms with Gasteiger partial charge in [0.15, 0.2) is 5.43 Å². The van der Waals surface area contributed by atoms with Crippen LogP contribution in [0.5, 0.6) is 5.75 Å². The first-order valence-electron chi connectivity index (χ1n) is 6.57. The van der Waals surface area contributed by atoms with E-state index in [1.165, 1.54) is 6.07 Å². The second-order valence-corrected chi connectivity index (χ2v) is 4.22. The van der Waals surface area contributed by atoms with Crippen LogP contribution in [0.1, 0.15) is 13.8 Å². The van der Waals surface area contributed by atoms with Gasteiger partial charge in [0.25, 0.3) is 0 Å². The highest BCUT2D eigenvalue weighted by molar-refractivity contribution is 5.82. The highest BCUT2D eigenvalue weighted by Crippen LogP contribution is 2.18. The predicted molar refractivity (Wildman–Crippen MR) is 76.0 cm³/mol. The van der Waals surface area contributed by atoms with Gasteiger partial charge in [-0.05, 0) is 26.0 Å². The molecule has 0 bridgehead atoms. The van der Waals surface area contributed by atoms with Crippen molar-refractivity contribution in [1.82, 2.24) is 4.57 Å². The largest absolute Gasteiger partial charge is 0.494 e. The van der Waals surface area contributed by atoms with E-state index in [0.717, 1.165) is 0 Å². The number of ether oxygens (including phenoxy) is 2. The third kappa shape index (κ3) is 2.99. The van der Waals surface area contributed by atoms with Crippen LogP contribution in [-0.2, 0) is 16.1 Å². The highest BCUT2D eigenvalue weighted by atomic mass is 16.5. The summed E-state index contributed by atoms with van der Waals surface area (Å²) in [7, 11) is 0. The number of fused-ring (bicyclic) bond motifs is 1. The zero-order valence-corrected chi connectivity index (χ0v) is 11.6. The van der Waals surface area contributed by atoms with Crippen LogP contribution in [0.4, 0.5) is 0 Å². The molecular weight excluding hydrogens is 258 g/mol. The monoisotopic (exact) mass is 275 g/mol. The molecule has 1 aromatic carbocycles. The van der Waals surface area contributed by atoms with E-state index in [1.807, 2.05) is 6.92 Å². The summed E-state index contributed by atoms with van der Waals surface area (Å²) in [5, 5.41) is 0.556. The van der Waals surface area contributed by atoms with Crippen LogP contribution in [0.3, 0.4) is 0 Å². The first-order valence-corrected chi connectivity index (χ1v) is 6.57. The van der Waals surface area contributed by atoms with Crippen molar-refractivity contribution in [2.24, 2.45) is 0 Å². The summed E-state index contributed by atoms with van der Waals surface area (Å²) in [4.78, 5) is 23.4. The first-order chi connectivity index (χ1) is 9.65. The number of hydrogen-bond acceptors (Lipinski definition) is 4. The molecule has 1 heterocycles. The van der Waals surface area contributed by atoms with E-state index in [-0.39, 0.29) is 17.9 Å². The molecule has 0 saturated carbocycles. The summed E-state index contributed by atoms with van der Waals surface area (Å²) in [5.41, 5.74) is 0.583. The van der Waals surface area contributed by atoms with Gasteiger partial charge < -0.3 is 14.0 Å². The van der Waals surface area contributed by atoms with Crippen LogP contribution in [0, 0.1) is 0 Å². The molecule has 0 amide bonds. The lowest BCUT2D eigenvalue weighted by molar-refractivity contribution is -0.143. The third-order valence-corrected chi connectivity index (χ3v) is 2.87. The lowest BCUT2D eigenvalue weighted by Crippen LogP contribution is -2.16. The molecule has 106 valence electrons. The van der Waals surface area contributed by atoms with Gasteiger partial charge in [-0.15, -0.1) is 0 Å². The Labute approximate surface area is 116 Å². The van der Waals surface area contributed by atoms with E-state index >= 15 is 0 Å². The predicted octanol–water partition coefficient (Wildman–Crippen LogP) is 1.96. The van der Waals surface area contributed by atoms with E-state index in [9.17, 15) is 9.59 Å². The van der Waals surface area contributed by atoms with E-state index < -0.39 is 0 Å². The number of benzene rings is 1. The Morgan fingerprint density at radius 2 is 2.00 bits per heavy atom. The number of esters is 1. The molecule has 2 aromatic rings. The van der Waals surface area contributed by atoms with Gasteiger partial charge in [0.05, 0.1) is 18.7 Å². The van der Waals surface area contributed by atoms with Gasteiger partial charge in [-0.1, -0.05) is 0 Å². The van der Waals surface area contributed by atoms with Crippen LogP contribution in [0.15, 0.2) is 35.3 Å². The van der Waals surface area contributed by atoms with Crippen LogP contribution < -0.4 is 10.2 Å². The lowest BCUT2D eigenvalue weighted by Gasteiger charge is -2.11. The summed E-state index contributed by atoms with van der Waals surface area (Å²) in [6, 6.07) is 6.67. The molecule has 0 radical (unpaired) electrons. The first kappa shape index (κ1) is 14.1. The molecule has 0 N–H and O–H groups in total. The van der Waals surface area contributed by atoms with Crippen LogP contribution >= 0.6 is 0 Å². The summed E-state index contributed by atoms with van der Waals surface area (Å²) >= 11 is 0. The Kier molecular flexibility index (Phi) is 4.40. The molecule has 5 heteroatoms. The van der Waals surface area contributed by atoms with Gasteiger partial charge >= 0.3 is 5.97 Å². The molecular formula is C15H17NO4. The maximum atomic E-state index is 11.8. The zero-order valence-electron chi connectivity index (χ0n) is 11.6. The average Bonchev–Trinajstić information content (AvgIpc) is 2.43. The van der Waals surface area contributed by atoms with Crippen molar-refractivity contribution in [3.05, 3.63) is 40.7 Å². The molecule has 0 aliphatic carbocycles. The fourth-order valence-electron chi connectivity index (χ4n) is 2.03. The normalized spacial score (nSPS) is 10.5. The van der Waals surface area contributed by atoms with Crippen molar-refractivity contribution >= 4 is 16.9 Å². The summed E-state index contributed by atoms with van der Waals surface area (Å²) in [6.07, 6.45) is 1.59. The van der Waals surface area contributed by atoms with E-state index in [4.69, 9.17) is 9.47 Å². The van der Waals surface area contributed by atoms with Crippen LogP contribution in [0.2, 0.25) is 0 Å². The molecule has 0 unspecified atom stereocenters. The number of carbonyl (C=O) groups excluding carboxylic acids is 1. The molecule has 2 rings (SSSR count). The smallest absolute Gasteiger partial charge is 0.325 e. The number of carbonyl (C=O) groups is 1. The fraction of sp³-hybridized carbons (Fsp3) is 0.333. The van der Waals surface area contributed by atoms with Crippen molar-refractivity contribution in [1.29, 1.82) is 0 Å². The molecule has 0 aliphatic heterocycles. The molecule has 0 atom stereocenters. The Balaban J connectivity index is 2.47. The van der Waals surface area contributed by atoms with Gasteiger partial charge in [0, 0.05) is 23.7 Å². The fourth-order valence-corrected chi connectivity index (χ4v) is 2.03. The summed E-state index contributed by atoms with van der Waals surface area (Å²) < 4.78 is 12.1. The van der Waals surface area contributed by atoms with Crippen LogP contribution in [0.25, 0.3) is 10.9 Å². The molecule has 0 spiro atoms. The van der Waals surface area contributed by atoms with Gasteiger partial charge in [-0.3, -0.25) is 9.59 Å². The standard InChI is InChI=1S/C15H17NO4/c1-3-19-11-5-6-12-13(9-11)16(8-7-14(12)17)10-15(18)20-4-2/h5-9H,3-4,10H2,1-2H3. The van der Waals surface area contributed by atoms with Crippen molar-refractivity contribution in [2.75, 3.05) is 13.2 Å². The number of hydrogen-bond donors (Lipinski definition) is 0. The maximum absolute atomic E-state index is 11.8. The second-order valence-electron chi connectivity index (χ2n) is 4.22. The van der Waals surface area contributed by atoms with Crippen molar-refractivity contribution < 1.29 is 14.3 Å². The molecule has 1 aromatic heterocycles. The number of nitrogens with zero attached hydrogens (tertiary/aromatic N) is 1. The summed E-state index contributed by atoms with van der Waals surface area (Å²) in [6.45, 7) is 4.59.